The van der Waals surface area contributed by atoms with Gasteiger partial charge in [0, 0.05) is 25.2 Å². The van der Waals surface area contributed by atoms with Gasteiger partial charge < -0.3 is 14.2 Å². The Balaban J connectivity index is 1.96. The van der Waals surface area contributed by atoms with Gasteiger partial charge in [0.15, 0.2) is 6.61 Å². The highest BCUT2D eigenvalue weighted by molar-refractivity contribution is 7.89. The Morgan fingerprint density at radius 3 is 2.37 bits per heavy atom. The molecular formula is C27H28ClF2NO6S. The fraction of sp³-hybridized carbons (Fsp3) is 0.296. The van der Waals surface area contributed by atoms with Crippen LogP contribution in [0.5, 0.6) is 11.5 Å². The van der Waals surface area contributed by atoms with Crippen molar-refractivity contribution in [1.82, 2.24) is 4.31 Å². The number of carbonyl (C=O) groups is 1. The summed E-state index contributed by atoms with van der Waals surface area (Å²) in [4.78, 5) is 12.0. The van der Waals surface area contributed by atoms with Crippen molar-refractivity contribution in [2.24, 2.45) is 0 Å². The number of methoxy groups -OCH3 is 1. The minimum atomic E-state index is -4.01. The van der Waals surface area contributed by atoms with Crippen molar-refractivity contribution in [3.8, 4) is 22.6 Å². The molecule has 3 rings (SSSR count). The van der Waals surface area contributed by atoms with Gasteiger partial charge in [0.2, 0.25) is 10.0 Å². The number of halogens is 3. The van der Waals surface area contributed by atoms with Gasteiger partial charge >= 0.3 is 5.97 Å². The van der Waals surface area contributed by atoms with E-state index in [2.05, 4.69) is 0 Å². The molecule has 3 aromatic carbocycles. The first-order chi connectivity index (χ1) is 17.7. The normalized spacial score (nSPS) is 11.9. The van der Waals surface area contributed by atoms with Gasteiger partial charge in [-0.2, -0.15) is 4.31 Å². The van der Waals surface area contributed by atoms with E-state index in [0.717, 1.165) is 22.5 Å². The summed E-state index contributed by atoms with van der Waals surface area (Å²) in [6.07, 6.45) is 0. The van der Waals surface area contributed by atoms with Crippen LogP contribution < -0.4 is 9.47 Å². The van der Waals surface area contributed by atoms with E-state index in [-0.39, 0.29) is 28.0 Å². The van der Waals surface area contributed by atoms with Crippen LogP contribution in [0.4, 0.5) is 8.78 Å². The third kappa shape index (κ3) is 7.43. The molecule has 0 saturated heterocycles. The molecule has 3 aromatic rings. The van der Waals surface area contributed by atoms with E-state index in [9.17, 15) is 22.0 Å². The van der Waals surface area contributed by atoms with Crippen LogP contribution in [-0.2, 0) is 26.1 Å². The van der Waals surface area contributed by atoms with Crippen molar-refractivity contribution in [3.63, 3.8) is 0 Å². The second-order valence-corrected chi connectivity index (χ2v) is 11.9. The molecule has 0 aliphatic carbocycles. The minimum Gasteiger partial charge on any atom is -0.497 e. The van der Waals surface area contributed by atoms with Gasteiger partial charge in [0.1, 0.15) is 28.7 Å². The maximum atomic E-state index is 14.3. The molecule has 7 nitrogen and oxygen atoms in total. The van der Waals surface area contributed by atoms with Crippen LogP contribution in [0.1, 0.15) is 26.3 Å². The second kappa shape index (κ2) is 11.7. The van der Waals surface area contributed by atoms with Crippen molar-refractivity contribution >= 4 is 27.6 Å². The number of sulfonamides is 1. The van der Waals surface area contributed by atoms with E-state index in [1.807, 2.05) is 0 Å². The quantitative estimate of drug-likeness (QED) is 0.302. The molecule has 0 unspecified atom stereocenters. The first-order valence-corrected chi connectivity index (χ1v) is 13.3. The van der Waals surface area contributed by atoms with Gasteiger partial charge in [-0.3, -0.25) is 0 Å². The van der Waals surface area contributed by atoms with Gasteiger partial charge in [-0.15, -0.1) is 0 Å². The first kappa shape index (κ1) is 29.3. The third-order valence-electron chi connectivity index (χ3n) is 5.23. The molecule has 0 radical (unpaired) electrons. The molecule has 204 valence electrons. The number of hydrogen-bond donors (Lipinski definition) is 0. The first-order valence-electron chi connectivity index (χ1n) is 11.4. The van der Waals surface area contributed by atoms with Gasteiger partial charge in [-0.25, -0.2) is 22.0 Å². The van der Waals surface area contributed by atoms with Gasteiger partial charge in [0.25, 0.3) is 0 Å². The Kier molecular flexibility index (Phi) is 9.01. The highest BCUT2D eigenvalue weighted by Gasteiger charge is 2.23. The topological polar surface area (TPSA) is 82.1 Å². The molecule has 0 aliphatic rings. The van der Waals surface area contributed by atoms with Gasteiger partial charge in [-0.1, -0.05) is 17.7 Å². The summed E-state index contributed by atoms with van der Waals surface area (Å²) in [7, 11) is -1.25. The third-order valence-corrected chi connectivity index (χ3v) is 7.32. The van der Waals surface area contributed by atoms with Crippen LogP contribution in [0.25, 0.3) is 11.1 Å². The average Bonchev–Trinajstić information content (AvgIpc) is 2.83. The maximum absolute atomic E-state index is 14.3. The molecule has 0 spiro atoms. The van der Waals surface area contributed by atoms with Crippen molar-refractivity contribution in [1.29, 1.82) is 0 Å². The molecule has 38 heavy (non-hydrogen) atoms. The summed E-state index contributed by atoms with van der Waals surface area (Å²) in [5.74, 6) is -1.37. The van der Waals surface area contributed by atoms with E-state index < -0.39 is 39.8 Å². The van der Waals surface area contributed by atoms with Gasteiger partial charge in [0.05, 0.1) is 17.0 Å². The largest absolute Gasteiger partial charge is 0.497 e. The zero-order valence-corrected chi connectivity index (χ0v) is 23.1. The Labute approximate surface area is 225 Å². The van der Waals surface area contributed by atoms with E-state index in [1.54, 1.807) is 45.0 Å². The monoisotopic (exact) mass is 567 g/mol. The van der Waals surface area contributed by atoms with Crippen LogP contribution in [-0.4, -0.2) is 45.1 Å². The van der Waals surface area contributed by atoms with Crippen molar-refractivity contribution < 1.29 is 36.2 Å². The number of rotatable bonds is 9. The van der Waals surface area contributed by atoms with Crippen LogP contribution in [0.15, 0.2) is 59.5 Å². The fourth-order valence-corrected chi connectivity index (χ4v) is 4.96. The van der Waals surface area contributed by atoms with Gasteiger partial charge in [-0.05, 0) is 74.4 Å². The molecule has 11 heteroatoms. The molecular weight excluding hydrogens is 540 g/mol. The summed E-state index contributed by atoms with van der Waals surface area (Å²) in [5, 5.41) is -0.312. The molecule has 0 bridgehead atoms. The number of hydrogen-bond acceptors (Lipinski definition) is 6. The summed E-state index contributed by atoms with van der Waals surface area (Å²) in [6.45, 7) is 4.72. The summed E-state index contributed by atoms with van der Waals surface area (Å²) in [6, 6.07) is 12.0. The number of carbonyl (C=O) groups excluding carboxylic acids is 1. The van der Waals surface area contributed by atoms with E-state index >= 15 is 0 Å². The van der Waals surface area contributed by atoms with Crippen molar-refractivity contribution in [2.75, 3.05) is 20.8 Å². The predicted octanol–water partition coefficient (Wildman–Crippen LogP) is 5.84. The van der Waals surface area contributed by atoms with Crippen LogP contribution >= 0.6 is 11.6 Å². The van der Waals surface area contributed by atoms with Crippen molar-refractivity contribution in [2.45, 2.75) is 37.8 Å². The Bertz CT molecular complexity index is 1440. The lowest BCUT2D eigenvalue weighted by Gasteiger charge is -2.21. The molecule has 0 heterocycles. The van der Waals surface area contributed by atoms with Crippen molar-refractivity contribution in [3.05, 3.63) is 76.8 Å². The lowest BCUT2D eigenvalue weighted by molar-refractivity contribution is -0.157. The van der Waals surface area contributed by atoms with E-state index in [1.165, 1.54) is 26.3 Å². The van der Waals surface area contributed by atoms with Crippen LogP contribution in [0.3, 0.4) is 0 Å². The van der Waals surface area contributed by atoms with Crippen LogP contribution in [0.2, 0.25) is 5.02 Å². The van der Waals surface area contributed by atoms with E-state index in [0.29, 0.717) is 16.7 Å². The Hall–Kier alpha value is -3.21. The highest BCUT2D eigenvalue weighted by Crippen LogP contribution is 2.35. The van der Waals surface area contributed by atoms with Crippen LogP contribution in [0, 0.1) is 11.6 Å². The average molecular weight is 568 g/mol. The highest BCUT2D eigenvalue weighted by atomic mass is 35.5. The zero-order valence-electron chi connectivity index (χ0n) is 21.5. The molecule has 0 N–H and O–H groups in total. The molecule has 0 atom stereocenters. The Morgan fingerprint density at radius 2 is 1.74 bits per heavy atom. The maximum Gasteiger partial charge on any atom is 0.344 e. The van der Waals surface area contributed by atoms with E-state index in [4.69, 9.17) is 25.8 Å². The predicted molar refractivity (Wildman–Crippen MR) is 140 cm³/mol. The lowest BCUT2D eigenvalue weighted by atomic mass is 10.0. The molecule has 0 aliphatic heterocycles. The number of benzene rings is 3. The summed E-state index contributed by atoms with van der Waals surface area (Å²) in [5.41, 5.74) is 0.624. The zero-order chi connectivity index (χ0) is 28.3. The number of ether oxygens (including phenoxy) is 3. The summed E-state index contributed by atoms with van der Waals surface area (Å²) >= 11 is 5.77. The smallest absolute Gasteiger partial charge is 0.344 e. The minimum absolute atomic E-state index is 0.0802. The number of esters is 1. The standard InChI is InChI=1S/C27H28ClF2NO6S/c1-27(2,3)37-26(32)16-36-25-9-6-17(10-22(25)18-11-19(29)13-20(12-18)35-5)15-31(4)38(33,34)21-7-8-24(30)23(28)14-21/h6-14H,15-16H2,1-5H3. The lowest BCUT2D eigenvalue weighted by Crippen LogP contribution is -2.27. The second-order valence-electron chi connectivity index (χ2n) is 9.42. The SMILES string of the molecule is COc1cc(F)cc(-c2cc(CN(C)S(=O)(=O)c3ccc(F)c(Cl)c3)ccc2OCC(=O)OC(C)(C)C)c1. The Morgan fingerprint density at radius 1 is 1.03 bits per heavy atom. The number of nitrogens with zero attached hydrogens (tertiary/aromatic N) is 1. The summed E-state index contributed by atoms with van der Waals surface area (Å²) < 4.78 is 71.2. The fourth-order valence-electron chi connectivity index (χ4n) is 3.53. The molecule has 0 saturated carbocycles. The molecule has 0 aromatic heterocycles. The molecule has 0 fully saturated rings. The molecule has 0 amide bonds.